The van der Waals surface area contributed by atoms with Crippen molar-refractivity contribution < 1.29 is 24.6 Å². The van der Waals surface area contributed by atoms with Gasteiger partial charge in [0, 0.05) is 0 Å². The molecule has 2 aromatic rings. The van der Waals surface area contributed by atoms with E-state index >= 15 is 0 Å². The molecule has 1 heterocycles. The van der Waals surface area contributed by atoms with Crippen LogP contribution in [0.2, 0.25) is 13.6 Å². The number of nitrogens with one attached hydrogen (secondary N) is 1. The number of hydrogen-bond donors (Lipinski definition) is 5. The number of nitrogens with zero attached hydrogens (tertiary/aromatic N) is 3. The minimum Gasteiger partial charge on any atom is -0.481 e. The van der Waals surface area contributed by atoms with Crippen molar-refractivity contribution in [3.63, 3.8) is 0 Å². The minimum absolute atomic E-state index is 0. The number of carboxylic acid groups (broad SMARTS) is 2. The van der Waals surface area contributed by atoms with Crippen molar-refractivity contribution >= 4 is 49.0 Å². The van der Waals surface area contributed by atoms with Gasteiger partial charge >= 0.3 is 11.9 Å². The zero-order valence-electron chi connectivity index (χ0n) is 22.8. The molecule has 2 atom stereocenters. The molecule has 11 nitrogen and oxygen atoms in total. The van der Waals surface area contributed by atoms with Crippen LogP contribution in [-0.4, -0.2) is 78.3 Å². The van der Waals surface area contributed by atoms with E-state index in [2.05, 4.69) is 15.6 Å². The number of carbonyl (C=O) groups excluding carboxylic acids is 1. The number of nitrogens with two attached hydrogens (primary N) is 2. The third-order valence-electron chi connectivity index (χ3n) is 4.50. The van der Waals surface area contributed by atoms with Gasteiger partial charge < -0.3 is 27.0 Å². The van der Waals surface area contributed by atoms with E-state index in [1.54, 1.807) is 13.0 Å². The molecule has 36 heavy (non-hydrogen) atoms. The SMILES string of the molecule is CNCCCCC(C)C(=O)O.Cl.NCCCCC(N)C(=O)O.O=Cn1nnc2ccccc21.[3H]B(C)C. The lowest BCUT2D eigenvalue weighted by atomic mass is 9.88. The van der Waals surface area contributed by atoms with Gasteiger partial charge in [0.1, 0.15) is 18.8 Å². The number of carboxylic acids is 2. The second-order valence-corrected chi connectivity index (χ2v) is 7.77. The Morgan fingerprint density at radius 2 is 1.75 bits per heavy atom. The van der Waals surface area contributed by atoms with Crippen molar-refractivity contribution in [3.8, 4) is 0 Å². The van der Waals surface area contributed by atoms with Crippen LogP contribution in [0.25, 0.3) is 11.0 Å². The number of unbranched alkanes of at least 4 members (excludes halogenated alkanes) is 2. The highest BCUT2D eigenvalue weighted by atomic mass is 35.5. The van der Waals surface area contributed by atoms with Gasteiger partial charge in [-0.3, -0.25) is 14.4 Å². The topological polar surface area (TPSA) is 186 Å². The van der Waals surface area contributed by atoms with Gasteiger partial charge in [-0.05, 0) is 59.3 Å². The highest BCUT2D eigenvalue weighted by molar-refractivity contribution is 6.31. The van der Waals surface area contributed by atoms with Crippen molar-refractivity contribution in [1.29, 1.82) is 1.34 Å². The second-order valence-electron chi connectivity index (χ2n) is 7.77. The standard InChI is InChI=1S/C8H17NO2.C7H5N3O.C6H14N2O2.C2H7B.ClH/c1-7(8(10)11)5-3-4-6-9-2;11-5-10-7-4-2-1-3-6(7)8-9-10;7-4-2-1-3-5(8)6(9)10;1-3-2;/h7,9H,3-6H2,1-2H3,(H,10,11);1-5H;5H,1-4,7-8H2,(H,9,10);3H,1-2H3;1H/i;;;3T;. The summed E-state index contributed by atoms with van der Waals surface area (Å²) in [6.07, 6.45) is 5.65. The molecule has 206 valence electrons. The lowest BCUT2D eigenvalue weighted by Gasteiger charge is -2.04. The Balaban J connectivity index is -0.000000432. The van der Waals surface area contributed by atoms with Crippen LogP contribution in [0.3, 0.4) is 0 Å². The van der Waals surface area contributed by atoms with E-state index in [9.17, 15) is 14.4 Å². The summed E-state index contributed by atoms with van der Waals surface area (Å²) >= 11 is 0. The smallest absolute Gasteiger partial charge is 0.320 e. The molecule has 1 aromatic carbocycles. The van der Waals surface area contributed by atoms with Crippen molar-refractivity contribution in [3.05, 3.63) is 24.3 Å². The molecule has 7 N–H and O–H groups in total. The summed E-state index contributed by atoms with van der Waals surface area (Å²) < 4.78 is 7.79. The number of benzene rings is 1. The molecular formula is C23H44BClN6O5. The average Bonchev–Trinajstić information content (AvgIpc) is 3.25. The van der Waals surface area contributed by atoms with Crippen LogP contribution >= 0.6 is 12.4 Å². The Labute approximate surface area is 222 Å². The number of rotatable bonds is 12. The van der Waals surface area contributed by atoms with Gasteiger partial charge in [-0.25, -0.2) is 0 Å². The predicted octanol–water partition coefficient (Wildman–Crippen LogP) is 2.03. The fourth-order valence-electron chi connectivity index (χ4n) is 2.47. The lowest BCUT2D eigenvalue weighted by Crippen LogP contribution is -2.29. The van der Waals surface area contributed by atoms with Crippen LogP contribution < -0.4 is 16.8 Å². The minimum atomic E-state index is -0.933. The molecule has 0 radical (unpaired) electrons. The van der Waals surface area contributed by atoms with Gasteiger partial charge in [0.25, 0.3) is 0 Å². The maximum absolute atomic E-state index is 10.3. The molecule has 1 aromatic heterocycles. The first kappa shape index (κ1) is 35.6. The van der Waals surface area contributed by atoms with Crippen LogP contribution in [0.1, 0.15) is 45.4 Å². The number of fused-ring (bicyclic) bond motifs is 1. The number of carbonyl (C=O) groups is 3. The molecule has 0 amide bonds. The molecule has 0 fully saturated rings. The number of para-hydroxylation sites is 1. The lowest BCUT2D eigenvalue weighted by molar-refractivity contribution is -0.141. The molecule has 0 saturated carbocycles. The van der Waals surface area contributed by atoms with Crippen molar-refractivity contribution in [1.82, 2.24) is 20.3 Å². The molecule has 0 aliphatic rings. The highest BCUT2D eigenvalue weighted by Crippen LogP contribution is 2.07. The summed E-state index contributed by atoms with van der Waals surface area (Å²) in [4.78, 5) is 30.8. The van der Waals surface area contributed by atoms with Crippen LogP contribution in [0.15, 0.2) is 24.3 Å². The fourth-order valence-corrected chi connectivity index (χ4v) is 2.47. The summed E-state index contributed by atoms with van der Waals surface area (Å²) in [7, 11) is 1.99. The summed E-state index contributed by atoms with van der Waals surface area (Å²) in [5.74, 6) is -1.81. The summed E-state index contributed by atoms with van der Waals surface area (Å²) in [5, 5.41) is 27.3. The molecule has 0 aliphatic carbocycles. The maximum Gasteiger partial charge on any atom is 0.320 e. The number of aromatic nitrogens is 3. The third-order valence-corrected chi connectivity index (χ3v) is 4.50. The first-order valence-electron chi connectivity index (χ1n) is 12.3. The van der Waals surface area contributed by atoms with Crippen LogP contribution in [0.4, 0.5) is 0 Å². The molecular weight excluding hydrogens is 487 g/mol. The van der Waals surface area contributed by atoms with E-state index in [0.717, 1.165) is 49.7 Å². The molecule has 2 unspecified atom stereocenters. The normalized spacial score (nSPS) is 11.4. The van der Waals surface area contributed by atoms with Gasteiger partial charge in [0.05, 0.1) is 11.4 Å². The third kappa shape index (κ3) is 19.7. The summed E-state index contributed by atoms with van der Waals surface area (Å²) in [6, 6.07) is 6.58. The molecule has 0 bridgehead atoms. The Bertz CT molecular complexity index is 859. The zero-order valence-corrected chi connectivity index (χ0v) is 22.6. The molecule has 0 aliphatic heterocycles. The zero-order chi connectivity index (χ0) is 27.9. The van der Waals surface area contributed by atoms with Gasteiger partial charge in [0.15, 0.2) is 0 Å². The fraction of sp³-hybridized carbons (Fsp3) is 0.609. The van der Waals surface area contributed by atoms with E-state index in [1.165, 1.54) is 4.68 Å². The Morgan fingerprint density at radius 3 is 2.25 bits per heavy atom. The first-order chi connectivity index (χ1) is 17.0. The maximum atomic E-state index is 10.3. The highest BCUT2D eigenvalue weighted by Gasteiger charge is 2.09. The van der Waals surface area contributed by atoms with E-state index < -0.39 is 18.0 Å². The largest absolute Gasteiger partial charge is 0.481 e. The van der Waals surface area contributed by atoms with Crippen LogP contribution in [0, 0.1) is 5.92 Å². The Morgan fingerprint density at radius 1 is 1.17 bits per heavy atom. The van der Waals surface area contributed by atoms with Crippen molar-refractivity contribution in [2.24, 2.45) is 17.4 Å². The van der Waals surface area contributed by atoms with Crippen molar-refractivity contribution in [2.45, 2.75) is 65.1 Å². The molecule has 13 heteroatoms. The summed E-state index contributed by atoms with van der Waals surface area (Å²) in [6.45, 7) is 7.00. The van der Waals surface area contributed by atoms with Gasteiger partial charge in [-0.15, -0.1) is 17.5 Å². The van der Waals surface area contributed by atoms with E-state index in [4.69, 9.17) is 23.0 Å². The first-order valence-corrected chi connectivity index (χ1v) is 11.7. The molecule has 0 saturated heterocycles. The van der Waals surface area contributed by atoms with E-state index in [1.807, 2.05) is 38.9 Å². The number of halogens is 1. The Hall–Kier alpha value is -2.54. The van der Waals surface area contributed by atoms with Gasteiger partial charge in [-0.1, -0.05) is 50.8 Å². The van der Waals surface area contributed by atoms with Crippen LogP contribution in [0.5, 0.6) is 0 Å². The van der Waals surface area contributed by atoms with Gasteiger partial charge in [-0.2, -0.15) is 4.68 Å². The monoisotopic (exact) mass is 532 g/mol. The number of hydrogen-bond acceptors (Lipinski definition) is 8. The Kier molecular flexibility index (Phi) is 25.3. The van der Waals surface area contributed by atoms with Crippen molar-refractivity contribution in [2.75, 3.05) is 20.1 Å². The van der Waals surface area contributed by atoms with E-state index in [0.29, 0.717) is 19.4 Å². The average molecular weight is 533 g/mol. The van der Waals surface area contributed by atoms with Crippen LogP contribution in [-0.2, 0) is 14.4 Å². The second kappa shape index (κ2) is 25.6. The predicted molar refractivity (Wildman–Crippen MR) is 149 cm³/mol. The number of aliphatic carboxylic acids is 2. The van der Waals surface area contributed by atoms with E-state index in [-0.39, 0.29) is 25.6 Å². The summed E-state index contributed by atoms with van der Waals surface area (Å²) in [5.41, 5.74) is 11.9. The van der Waals surface area contributed by atoms with Gasteiger partial charge in [0.2, 0.25) is 6.41 Å². The quantitative estimate of drug-likeness (QED) is 0.154. The molecule has 2 rings (SSSR count). The molecule has 0 spiro atoms.